The van der Waals surface area contributed by atoms with Gasteiger partial charge in [0.2, 0.25) is 0 Å². The number of unbranched alkanes of at least 4 members (excludes halogenated alkanes) is 1. The highest BCUT2D eigenvalue weighted by Gasteiger charge is 1.95. The molecule has 0 atom stereocenters. The SMILES string of the molecule is CSCCCCNc1ncccc1C. The van der Waals surface area contributed by atoms with Gasteiger partial charge in [-0.25, -0.2) is 4.98 Å². The van der Waals surface area contributed by atoms with Crippen molar-refractivity contribution >= 4 is 17.6 Å². The molecule has 0 spiro atoms. The molecule has 0 aromatic carbocycles. The zero-order valence-electron chi connectivity index (χ0n) is 8.92. The summed E-state index contributed by atoms with van der Waals surface area (Å²) in [5, 5.41) is 3.35. The monoisotopic (exact) mass is 210 g/mol. The van der Waals surface area contributed by atoms with E-state index in [2.05, 4.69) is 29.5 Å². The molecule has 2 nitrogen and oxygen atoms in total. The maximum atomic E-state index is 4.28. The van der Waals surface area contributed by atoms with Gasteiger partial charge in [-0.3, -0.25) is 0 Å². The molecule has 1 aromatic heterocycles. The molecule has 0 fully saturated rings. The van der Waals surface area contributed by atoms with E-state index in [1.165, 1.54) is 24.2 Å². The molecule has 14 heavy (non-hydrogen) atoms. The van der Waals surface area contributed by atoms with Crippen molar-refractivity contribution in [1.29, 1.82) is 0 Å². The lowest BCUT2D eigenvalue weighted by atomic mass is 10.3. The standard InChI is InChI=1S/C11H18N2S/c1-10-6-5-8-13-11(10)12-7-3-4-9-14-2/h5-6,8H,3-4,7,9H2,1-2H3,(H,12,13). The summed E-state index contributed by atoms with van der Waals surface area (Å²) in [5.74, 6) is 2.28. The molecule has 0 unspecified atom stereocenters. The maximum absolute atomic E-state index is 4.28. The second kappa shape index (κ2) is 6.71. The number of pyridine rings is 1. The van der Waals surface area contributed by atoms with Crippen molar-refractivity contribution in [2.24, 2.45) is 0 Å². The van der Waals surface area contributed by atoms with Crippen LogP contribution >= 0.6 is 11.8 Å². The fourth-order valence-electron chi connectivity index (χ4n) is 1.25. The molecule has 0 aliphatic carbocycles. The summed E-state index contributed by atoms with van der Waals surface area (Å²) < 4.78 is 0. The van der Waals surface area contributed by atoms with E-state index >= 15 is 0 Å². The molecule has 0 amide bonds. The molecule has 1 heterocycles. The normalized spacial score (nSPS) is 10.1. The minimum absolute atomic E-state index is 1.02. The molecular formula is C11H18N2S. The highest BCUT2D eigenvalue weighted by molar-refractivity contribution is 7.98. The predicted octanol–water partition coefficient (Wildman–Crippen LogP) is 2.95. The number of hydrogen-bond donors (Lipinski definition) is 1. The van der Waals surface area contributed by atoms with Gasteiger partial charge in [-0.1, -0.05) is 6.07 Å². The smallest absolute Gasteiger partial charge is 0.128 e. The molecule has 0 saturated heterocycles. The second-order valence-corrected chi connectivity index (χ2v) is 4.28. The number of anilines is 1. The van der Waals surface area contributed by atoms with Gasteiger partial charge in [0.1, 0.15) is 5.82 Å². The Morgan fingerprint density at radius 1 is 1.43 bits per heavy atom. The van der Waals surface area contributed by atoms with Crippen LogP contribution in [0.5, 0.6) is 0 Å². The minimum atomic E-state index is 1.02. The molecular weight excluding hydrogens is 192 g/mol. The van der Waals surface area contributed by atoms with Crippen molar-refractivity contribution in [3.05, 3.63) is 23.9 Å². The first-order chi connectivity index (χ1) is 6.84. The van der Waals surface area contributed by atoms with E-state index < -0.39 is 0 Å². The van der Waals surface area contributed by atoms with E-state index in [9.17, 15) is 0 Å². The van der Waals surface area contributed by atoms with E-state index in [0.29, 0.717) is 0 Å². The molecule has 0 bridgehead atoms. The van der Waals surface area contributed by atoms with Crippen LogP contribution in [-0.2, 0) is 0 Å². The van der Waals surface area contributed by atoms with Crippen LogP contribution in [0.2, 0.25) is 0 Å². The highest BCUT2D eigenvalue weighted by atomic mass is 32.2. The maximum Gasteiger partial charge on any atom is 0.128 e. The first-order valence-corrected chi connectivity index (χ1v) is 6.38. The van der Waals surface area contributed by atoms with Crippen LogP contribution in [0.15, 0.2) is 18.3 Å². The van der Waals surface area contributed by atoms with Crippen molar-refractivity contribution in [1.82, 2.24) is 4.98 Å². The summed E-state index contributed by atoms with van der Waals surface area (Å²) in [6.45, 7) is 3.11. The third-order valence-corrected chi connectivity index (χ3v) is 2.77. The summed E-state index contributed by atoms with van der Waals surface area (Å²) in [7, 11) is 0. The third-order valence-electron chi connectivity index (χ3n) is 2.08. The summed E-state index contributed by atoms with van der Waals surface area (Å²) in [4.78, 5) is 4.28. The summed E-state index contributed by atoms with van der Waals surface area (Å²) in [6.07, 6.45) is 6.48. The van der Waals surface area contributed by atoms with Crippen molar-refractivity contribution in [2.45, 2.75) is 19.8 Å². The Morgan fingerprint density at radius 2 is 2.29 bits per heavy atom. The minimum Gasteiger partial charge on any atom is -0.370 e. The zero-order chi connectivity index (χ0) is 10.2. The Hall–Kier alpha value is -0.700. The second-order valence-electron chi connectivity index (χ2n) is 3.30. The largest absolute Gasteiger partial charge is 0.370 e. The van der Waals surface area contributed by atoms with Gasteiger partial charge in [-0.15, -0.1) is 0 Å². The predicted molar refractivity (Wildman–Crippen MR) is 65.1 cm³/mol. The molecule has 0 saturated carbocycles. The number of nitrogens with one attached hydrogen (secondary N) is 1. The summed E-state index contributed by atoms with van der Waals surface area (Å²) in [5.41, 5.74) is 1.22. The molecule has 0 aliphatic rings. The van der Waals surface area contributed by atoms with E-state index in [-0.39, 0.29) is 0 Å². The number of aromatic nitrogens is 1. The van der Waals surface area contributed by atoms with Crippen LogP contribution in [-0.4, -0.2) is 23.5 Å². The fraction of sp³-hybridized carbons (Fsp3) is 0.545. The van der Waals surface area contributed by atoms with Gasteiger partial charge < -0.3 is 5.32 Å². The van der Waals surface area contributed by atoms with E-state index in [0.717, 1.165) is 12.4 Å². The van der Waals surface area contributed by atoms with Gasteiger partial charge in [0.25, 0.3) is 0 Å². The van der Waals surface area contributed by atoms with Crippen LogP contribution < -0.4 is 5.32 Å². The molecule has 1 rings (SSSR count). The average molecular weight is 210 g/mol. The quantitative estimate of drug-likeness (QED) is 0.731. The van der Waals surface area contributed by atoms with Gasteiger partial charge in [0.05, 0.1) is 0 Å². The van der Waals surface area contributed by atoms with Crippen LogP contribution in [0, 0.1) is 6.92 Å². The lowest BCUT2D eigenvalue weighted by Crippen LogP contribution is -2.04. The Morgan fingerprint density at radius 3 is 3.00 bits per heavy atom. The van der Waals surface area contributed by atoms with Gasteiger partial charge in [-0.2, -0.15) is 11.8 Å². The van der Waals surface area contributed by atoms with Crippen LogP contribution in [0.1, 0.15) is 18.4 Å². The molecule has 1 N–H and O–H groups in total. The first-order valence-electron chi connectivity index (χ1n) is 4.99. The number of rotatable bonds is 6. The molecule has 78 valence electrons. The van der Waals surface area contributed by atoms with Crippen LogP contribution in [0.25, 0.3) is 0 Å². The lowest BCUT2D eigenvalue weighted by molar-refractivity contribution is 0.839. The highest BCUT2D eigenvalue weighted by Crippen LogP contribution is 2.09. The number of thioether (sulfide) groups is 1. The fourth-order valence-corrected chi connectivity index (χ4v) is 1.74. The van der Waals surface area contributed by atoms with E-state index in [1.807, 2.05) is 24.0 Å². The van der Waals surface area contributed by atoms with Crippen molar-refractivity contribution < 1.29 is 0 Å². The van der Waals surface area contributed by atoms with Crippen molar-refractivity contribution in [3.8, 4) is 0 Å². The molecule has 3 heteroatoms. The summed E-state index contributed by atoms with van der Waals surface area (Å²) >= 11 is 1.91. The summed E-state index contributed by atoms with van der Waals surface area (Å²) in [6, 6.07) is 4.05. The molecule has 0 radical (unpaired) electrons. The third kappa shape index (κ3) is 4.01. The molecule has 1 aromatic rings. The molecule has 0 aliphatic heterocycles. The van der Waals surface area contributed by atoms with Gasteiger partial charge in [0.15, 0.2) is 0 Å². The number of hydrogen-bond acceptors (Lipinski definition) is 3. The van der Waals surface area contributed by atoms with Crippen LogP contribution in [0.4, 0.5) is 5.82 Å². The number of nitrogens with zero attached hydrogens (tertiary/aromatic N) is 1. The Balaban J connectivity index is 2.21. The van der Waals surface area contributed by atoms with Crippen molar-refractivity contribution in [3.63, 3.8) is 0 Å². The Kier molecular flexibility index (Phi) is 5.45. The van der Waals surface area contributed by atoms with Gasteiger partial charge >= 0.3 is 0 Å². The van der Waals surface area contributed by atoms with Crippen LogP contribution in [0.3, 0.4) is 0 Å². The topological polar surface area (TPSA) is 24.9 Å². The van der Waals surface area contributed by atoms with E-state index in [1.54, 1.807) is 0 Å². The van der Waals surface area contributed by atoms with Crippen molar-refractivity contribution in [2.75, 3.05) is 23.9 Å². The average Bonchev–Trinajstić information content (AvgIpc) is 2.20. The number of aryl methyl sites for hydroxylation is 1. The van der Waals surface area contributed by atoms with E-state index in [4.69, 9.17) is 0 Å². The lowest BCUT2D eigenvalue weighted by Gasteiger charge is -2.07. The zero-order valence-corrected chi connectivity index (χ0v) is 9.73. The first kappa shape index (κ1) is 11.4. The van der Waals surface area contributed by atoms with Gasteiger partial charge in [-0.05, 0) is 43.4 Å². The Labute approximate surface area is 90.5 Å². The Bertz CT molecular complexity index is 263. The van der Waals surface area contributed by atoms with Gasteiger partial charge in [0, 0.05) is 12.7 Å².